The Hall–Kier alpha value is -1.97. The maximum Gasteiger partial charge on any atom is 0.126 e. The van der Waals surface area contributed by atoms with Crippen LogP contribution in [-0.4, -0.2) is 16.9 Å². The van der Waals surface area contributed by atoms with Crippen LogP contribution in [0.5, 0.6) is 5.75 Å². The zero-order valence-electron chi connectivity index (χ0n) is 12.2. The number of aromatic nitrogens is 2. The summed E-state index contributed by atoms with van der Waals surface area (Å²) < 4.78 is 7.22. The number of rotatable bonds is 3. The number of methoxy groups -OCH3 is 1. The van der Waals surface area contributed by atoms with Crippen molar-refractivity contribution in [2.75, 3.05) is 7.11 Å². The van der Waals surface area contributed by atoms with Gasteiger partial charge in [0.15, 0.2) is 0 Å². The second-order valence-electron chi connectivity index (χ2n) is 4.87. The smallest absolute Gasteiger partial charge is 0.126 e. The first kappa shape index (κ1) is 14.9. The van der Waals surface area contributed by atoms with Crippen molar-refractivity contribution in [1.29, 1.82) is 0 Å². The van der Waals surface area contributed by atoms with E-state index in [0.717, 1.165) is 28.3 Å². The molecular formula is C17H14Cl2N2O. The molecule has 0 radical (unpaired) electrons. The van der Waals surface area contributed by atoms with Gasteiger partial charge >= 0.3 is 0 Å². The molecule has 0 saturated heterocycles. The predicted molar refractivity (Wildman–Crippen MR) is 90.3 cm³/mol. The average Bonchev–Trinajstić information content (AvgIpc) is 2.91. The van der Waals surface area contributed by atoms with Crippen LogP contribution in [0.4, 0.5) is 0 Å². The van der Waals surface area contributed by atoms with Crippen LogP contribution in [0, 0.1) is 6.92 Å². The molecule has 0 amide bonds. The molecule has 0 unspecified atom stereocenters. The van der Waals surface area contributed by atoms with Crippen molar-refractivity contribution in [2.24, 2.45) is 0 Å². The molecule has 0 aliphatic carbocycles. The van der Waals surface area contributed by atoms with Crippen LogP contribution < -0.4 is 4.74 Å². The molecule has 1 aromatic heterocycles. The lowest BCUT2D eigenvalue weighted by molar-refractivity contribution is 0.416. The summed E-state index contributed by atoms with van der Waals surface area (Å²) in [7, 11) is 1.66. The van der Waals surface area contributed by atoms with Gasteiger partial charge in [-0.3, -0.25) is 0 Å². The summed E-state index contributed by atoms with van der Waals surface area (Å²) >= 11 is 12.0. The molecule has 112 valence electrons. The van der Waals surface area contributed by atoms with Gasteiger partial charge in [-0.05, 0) is 31.2 Å². The van der Waals surface area contributed by atoms with Crippen molar-refractivity contribution in [3.05, 3.63) is 64.4 Å². The van der Waals surface area contributed by atoms with Crippen LogP contribution in [0.2, 0.25) is 10.0 Å². The highest BCUT2D eigenvalue weighted by Crippen LogP contribution is 2.32. The molecule has 3 aromatic rings. The average molecular weight is 333 g/mol. The van der Waals surface area contributed by atoms with Gasteiger partial charge in [0, 0.05) is 17.3 Å². The molecule has 1 heterocycles. The first-order valence-corrected chi connectivity index (χ1v) is 7.51. The third kappa shape index (κ3) is 2.70. The van der Waals surface area contributed by atoms with E-state index in [1.54, 1.807) is 23.9 Å². The van der Waals surface area contributed by atoms with Gasteiger partial charge in [0.1, 0.15) is 5.75 Å². The highest BCUT2D eigenvalue weighted by molar-refractivity contribution is 6.42. The molecule has 0 aliphatic heterocycles. The lowest BCUT2D eigenvalue weighted by atomic mass is 10.1. The van der Waals surface area contributed by atoms with Crippen LogP contribution in [0.15, 0.2) is 48.7 Å². The van der Waals surface area contributed by atoms with Gasteiger partial charge in [-0.1, -0.05) is 41.4 Å². The molecule has 22 heavy (non-hydrogen) atoms. The van der Waals surface area contributed by atoms with Crippen LogP contribution in [-0.2, 0) is 0 Å². The Kier molecular flexibility index (Phi) is 4.10. The van der Waals surface area contributed by atoms with Crippen LogP contribution in [0.25, 0.3) is 16.8 Å². The summed E-state index contributed by atoms with van der Waals surface area (Å²) in [6.45, 7) is 1.97. The van der Waals surface area contributed by atoms with Gasteiger partial charge in [-0.15, -0.1) is 0 Å². The number of hydrogen-bond donors (Lipinski definition) is 0. The Balaban J connectivity index is 2.09. The summed E-state index contributed by atoms with van der Waals surface area (Å²) in [6, 6.07) is 13.3. The minimum atomic E-state index is 0.506. The first-order chi connectivity index (χ1) is 10.6. The van der Waals surface area contributed by atoms with Crippen LogP contribution in [0.1, 0.15) is 5.69 Å². The molecule has 0 saturated carbocycles. The van der Waals surface area contributed by atoms with E-state index in [9.17, 15) is 0 Å². The third-order valence-electron chi connectivity index (χ3n) is 3.46. The standard InChI is InChI=1S/C17H14Cl2N2O/c1-11-14(13-5-3-4-6-17(13)22-2)10-21(20-11)12-7-8-15(18)16(19)9-12/h3-10H,1-2H3. The minimum absolute atomic E-state index is 0.506. The molecule has 0 fully saturated rings. The zero-order valence-corrected chi connectivity index (χ0v) is 13.7. The Morgan fingerprint density at radius 1 is 1.00 bits per heavy atom. The molecule has 3 rings (SSSR count). The maximum absolute atomic E-state index is 6.08. The molecule has 5 heteroatoms. The Bertz CT molecular complexity index is 827. The molecule has 0 spiro atoms. The van der Waals surface area contributed by atoms with Crippen molar-refractivity contribution >= 4 is 23.2 Å². The van der Waals surface area contributed by atoms with Crippen molar-refractivity contribution in [3.8, 4) is 22.6 Å². The second-order valence-corrected chi connectivity index (χ2v) is 5.69. The highest BCUT2D eigenvalue weighted by atomic mass is 35.5. The van der Waals surface area contributed by atoms with Gasteiger partial charge in [-0.25, -0.2) is 4.68 Å². The van der Waals surface area contributed by atoms with Crippen molar-refractivity contribution in [2.45, 2.75) is 6.92 Å². The van der Waals surface area contributed by atoms with Gasteiger partial charge in [0.05, 0.1) is 28.5 Å². The van der Waals surface area contributed by atoms with E-state index >= 15 is 0 Å². The normalized spacial score (nSPS) is 10.7. The Morgan fingerprint density at radius 2 is 1.77 bits per heavy atom. The molecule has 0 atom stereocenters. The van der Waals surface area contributed by atoms with Gasteiger partial charge in [0.25, 0.3) is 0 Å². The van der Waals surface area contributed by atoms with Crippen molar-refractivity contribution < 1.29 is 4.74 Å². The van der Waals surface area contributed by atoms with Gasteiger partial charge in [-0.2, -0.15) is 5.10 Å². The minimum Gasteiger partial charge on any atom is -0.496 e. The quantitative estimate of drug-likeness (QED) is 0.662. The summed E-state index contributed by atoms with van der Waals surface area (Å²) in [5.41, 5.74) is 3.80. The fraction of sp³-hybridized carbons (Fsp3) is 0.118. The largest absolute Gasteiger partial charge is 0.496 e. The van der Waals surface area contributed by atoms with Gasteiger partial charge < -0.3 is 4.74 Å². The number of benzene rings is 2. The molecule has 3 nitrogen and oxygen atoms in total. The van der Waals surface area contributed by atoms with E-state index in [1.165, 1.54) is 0 Å². The monoisotopic (exact) mass is 332 g/mol. The number of para-hydroxylation sites is 1. The van der Waals surface area contributed by atoms with Crippen molar-refractivity contribution in [1.82, 2.24) is 9.78 Å². The van der Waals surface area contributed by atoms with E-state index in [0.29, 0.717) is 10.0 Å². The number of aryl methyl sites for hydroxylation is 1. The number of nitrogens with zero attached hydrogens (tertiary/aromatic N) is 2. The SMILES string of the molecule is COc1ccccc1-c1cn(-c2ccc(Cl)c(Cl)c2)nc1C. The molecule has 0 bridgehead atoms. The molecule has 2 aromatic carbocycles. The maximum atomic E-state index is 6.08. The summed E-state index contributed by atoms with van der Waals surface area (Å²) in [5, 5.41) is 5.60. The third-order valence-corrected chi connectivity index (χ3v) is 4.20. The fourth-order valence-corrected chi connectivity index (χ4v) is 2.64. The summed E-state index contributed by atoms with van der Waals surface area (Å²) in [4.78, 5) is 0. The molecular weight excluding hydrogens is 319 g/mol. The topological polar surface area (TPSA) is 27.1 Å². The van der Waals surface area contributed by atoms with Crippen LogP contribution in [0.3, 0.4) is 0 Å². The number of ether oxygens (including phenoxy) is 1. The van der Waals surface area contributed by atoms with Crippen molar-refractivity contribution in [3.63, 3.8) is 0 Å². The highest BCUT2D eigenvalue weighted by Gasteiger charge is 2.13. The zero-order chi connectivity index (χ0) is 15.7. The lowest BCUT2D eigenvalue weighted by Gasteiger charge is -2.06. The van der Waals surface area contributed by atoms with Gasteiger partial charge in [0.2, 0.25) is 0 Å². The summed E-state index contributed by atoms with van der Waals surface area (Å²) in [5.74, 6) is 0.819. The van der Waals surface area contributed by atoms with E-state index in [-0.39, 0.29) is 0 Å². The van der Waals surface area contributed by atoms with E-state index in [1.807, 2.05) is 43.5 Å². The fourth-order valence-electron chi connectivity index (χ4n) is 2.35. The predicted octanol–water partition coefficient (Wildman–Crippen LogP) is 5.16. The summed E-state index contributed by atoms with van der Waals surface area (Å²) in [6.07, 6.45) is 1.97. The number of hydrogen-bond acceptors (Lipinski definition) is 2. The second kappa shape index (κ2) is 6.03. The molecule has 0 N–H and O–H groups in total. The van der Waals surface area contributed by atoms with E-state index in [4.69, 9.17) is 27.9 Å². The Morgan fingerprint density at radius 3 is 2.50 bits per heavy atom. The number of halogens is 2. The van der Waals surface area contributed by atoms with E-state index < -0.39 is 0 Å². The molecule has 0 aliphatic rings. The first-order valence-electron chi connectivity index (χ1n) is 6.75. The Labute approximate surface area is 139 Å². The lowest BCUT2D eigenvalue weighted by Crippen LogP contribution is -1.94. The van der Waals surface area contributed by atoms with E-state index in [2.05, 4.69) is 5.10 Å². The van der Waals surface area contributed by atoms with Crippen LogP contribution >= 0.6 is 23.2 Å².